The molecule has 0 aromatic rings. The van der Waals surface area contributed by atoms with Crippen molar-refractivity contribution in [2.75, 3.05) is 40.0 Å². The Morgan fingerprint density at radius 2 is 1.71 bits per heavy atom. The topological polar surface area (TPSA) is 38.8 Å². The molecule has 2 rings (SSSR count). The predicted octanol–water partition coefficient (Wildman–Crippen LogP) is 3.88. The van der Waals surface area contributed by atoms with Crippen LogP contribution in [0.2, 0.25) is 0 Å². The molecule has 0 bridgehead atoms. The number of likely N-dealkylation sites (tertiary alicyclic amines) is 1. The van der Waals surface area contributed by atoms with Crippen LogP contribution in [-0.4, -0.2) is 50.8 Å². The van der Waals surface area contributed by atoms with Gasteiger partial charge in [-0.05, 0) is 50.4 Å². The number of piperidine rings is 1. The maximum Gasteiger partial charge on any atom is 0.225 e. The molecule has 0 aromatic heterocycles. The molecular formula is C20H37NO3. The van der Waals surface area contributed by atoms with Crippen molar-refractivity contribution in [3.8, 4) is 0 Å². The number of hydrogen-bond donors (Lipinski definition) is 0. The average molecular weight is 340 g/mol. The lowest BCUT2D eigenvalue weighted by Crippen LogP contribution is -2.43. The molecule has 1 aliphatic heterocycles. The van der Waals surface area contributed by atoms with E-state index >= 15 is 0 Å². The van der Waals surface area contributed by atoms with Crippen LogP contribution in [0, 0.1) is 17.8 Å². The van der Waals surface area contributed by atoms with Crippen LogP contribution in [0.15, 0.2) is 0 Å². The smallest absolute Gasteiger partial charge is 0.225 e. The molecular weight excluding hydrogens is 302 g/mol. The second-order valence-corrected chi connectivity index (χ2v) is 7.70. The van der Waals surface area contributed by atoms with Crippen LogP contribution < -0.4 is 0 Å². The first-order valence-corrected chi connectivity index (χ1v) is 10.1. The van der Waals surface area contributed by atoms with E-state index in [2.05, 4.69) is 11.8 Å². The third kappa shape index (κ3) is 6.36. The Labute approximate surface area is 148 Å². The Hall–Kier alpha value is -0.610. The van der Waals surface area contributed by atoms with Crippen molar-refractivity contribution in [2.45, 2.75) is 64.7 Å². The molecule has 1 aliphatic carbocycles. The van der Waals surface area contributed by atoms with Crippen LogP contribution in [0.4, 0.5) is 0 Å². The van der Waals surface area contributed by atoms with Crippen LogP contribution in [0.25, 0.3) is 0 Å². The van der Waals surface area contributed by atoms with Gasteiger partial charge >= 0.3 is 0 Å². The number of amides is 1. The highest BCUT2D eigenvalue weighted by Crippen LogP contribution is 2.33. The molecule has 4 heteroatoms. The molecule has 0 aromatic carbocycles. The second-order valence-electron chi connectivity index (χ2n) is 7.70. The van der Waals surface area contributed by atoms with Gasteiger partial charge < -0.3 is 14.4 Å². The molecule has 2 aliphatic rings. The van der Waals surface area contributed by atoms with E-state index in [-0.39, 0.29) is 0 Å². The van der Waals surface area contributed by atoms with Crippen LogP contribution in [0.1, 0.15) is 64.7 Å². The van der Waals surface area contributed by atoms with E-state index in [1.165, 1.54) is 32.1 Å². The summed E-state index contributed by atoms with van der Waals surface area (Å²) in [6, 6.07) is 0. The van der Waals surface area contributed by atoms with Crippen molar-refractivity contribution in [3.63, 3.8) is 0 Å². The SMILES string of the molecule is CCCCC1CCC(C(=O)N2CCC(COCCOC)CC2)CC1. The lowest BCUT2D eigenvalue weighted by atomic mass is 9.79. The standard InChI is InChI=1S/C20H37NO3/c1-3-4-5-17-6-8-19(9-7-17)20(22)21-12-10-18(11-13-21)16-24-15-14-23-2/h17-19H,3-16H2,1-2H3. The van der Waals surface area contributed by atoms with Crippen molar-refractivity contribution in [1.29, 1.82) is 0 Å². The average Bonchev–Trinajstić information content (AvgIpc) is 2.64. The van der Waals surface area contributed by atoms with Crippen LogP contribution >= 0.6 is 0 Å². The molecule has 1 saturated heterocycles. The van der Waals surface area contributed by atoms with Crippen molar-refractivity contribution < 1.29 is 14.3 Å². The molecule has 0 N–H and O–H groups in total. The fourth-order valence-electron chi connectivity index (χ4n) is 4.16. The molecule has 0 atom stereocenters. The molecule has 0 unspecified atom stereocenters. The first kappa shape index (κ1) is 19.7. The Kier molecular flexibility index (Phi) is 9.11. The Bertz CT molecular complexity index is 345. The first-order valence-electron chi connectivity index (χ1n) is 10.1. The highest BCUT2D eigenvalue weighted by molar-refractivity contribution is 5.79. The molecule has 140 valence electrons. The van der Waals surface area contributed by atoms with Gasteiger partial charge in [0, 0.05) is 32.7 Å². The van der Waals surface area contributed by atoms with Crippen LogP contribution in [0.5, 0.6) is 0 Å². The summed E-state index contributed by atoms with van der Waals surface area (Å²) in [6.07, 6.45) is 11.0. The molecule has 4 nitrogen and oxygen atoms in total. The fraction of sp³-hybridized carbons (Fsp3) is 0.950. The van der Waals surface area contributed by atoms with Crippen molar-refractivity contribution >= 4 is 5.91 Å². The van der Waals surface area contributed by atoms with Crippen LogP contribution in [0.3, 0.4) is 0 Å². The van der Waals surface area contributed by atoms with Gasteiger partial charge in [0.15, 0.2) is 0 Å². The van der Waals surface area contributed by atoms with E-state index in [0.29, 0.717) is 31.0 Å². The summed E-state index contributed by atoms with van der Waals surface area (Å²) in [7, 11) is 1.70. The Morgan fingerprint density at radius 3 is 2.33 bits per heavy atom. The zero-order valence-corrected chi connectivity index (χ0v) is 15.8. The third-order valence-electron chi connectivity index (χ3n) is 5.87. The number of nitrogens with zero attached hydrogens (tertiary/aromatic N) is 1. The van der Waals surface area contributed by atoms with E-state index in [4.69, 9.17) is 9.47 Å². The second kappa shape index (κ2) is 11.1. The van der Waals surface area contributed by atoms with Crippen molar-refractivity contribution in [3.05, 3.63) is 0 Å². The minimum absolute atomic E-state index is 0.303. The number of rotatable bonds is 9. The number of unbranched alkanes of at least 4 members (excludes halogenated alkanes) is 1. The van der Waals surface area contributed by atoms with E-state index in [0.717, 1.165) is 51.3 Å². The predicted molar refractivity (Wildman–Crippen MR) is 97.0 cm³/mol. The molecule has 2 fully saturated rings. The van der Waals surface area contributed by atoms with E-state index in [1.807, 2.05) is 0 Å². The summed E-state index contributed by atoms with van der Waals surface area (Å²) >= 11 is 0. The quantitative estimate of drug-likeness (QED) is 0.598. The van der Waals surface area contributed by atoms with Crippen molar-refractivity contribution in [2.24, 2.45) is 17.8 Å². The molecule has 24 heavy (non-hydrogen) atoms. The summed E-state index contributed by atoms with van der Waals surface area (Å²) in [6.45, 7) is 6.27. The van der Waals surface area contributed by atoms with Gasteiger partial charge in [-0.3, -0.25) is 4.79 Å². The lowest BCUT2D eigenvalue weighted by molar-refractivity contribution is -0.138. The van der Waals surface area contributed by atoms with Gasteiger partial charge in [-0.2, -0.15) is 0 Å². The van der Waals surface area contributed by atoms with E-state index in [9.17, 15) is 4.79 Å². The number of ether oxygens (including phenoxy) is 2. The van der Waals surface area contributed by atoms with Gasteiger partial charge in [0.1, 0.15) is 0 Å². The summed E-state index contributed by atoms with van der Waals surface area (Å²) in [5, 5.41) is 0. The third-order valence-corrected chi connectivity index (χ3v) is 5.87. The molecule has 1 amide bonds. The van der Waals surface area contributed by atoms with Gasteiger partial charge in [-0.15, -0.1) is 0 Å². The zero-order chi connectivity index (χ0) is 17.2. The number of hydrogen-bond acceptors (Lipinski definition) is 3. The normalized spacial score (nSPS) is 25.8. The van der Waals surface area contributed by atoms with Gasteiger partial charge in [-0.25, -0.2) is 0 Å². The van der Waals surface area contributed by atoms with E-state index in [1.54, 1.807) is 7.11 Å². The summed E-state index contributed by atoms with van der Waals surface area (Å²) in [5.74, 6) is 2.22. The first-order chi connectivity index (χ1) is 11.7. The maximum absolute atomic E-state index is 12.8. The molecule has 1 saturated carbocycles. The van der Waals surface area contributed by atoms with Gasteiger partial charge in [0.2, 0.25) is 5.91 Å². The highest BCUT2D eigenvalue weighted by atomic mass is 16.5. The Balaban J connectivity index is 1.62. The number of methoxy groups -OCH3 is 1. The monoisotopic (exact) mass is 339 g/mol. The highest BCUT2D eigenvalue weighted by Gasteiger charge is 2.31. The van der Waals surface area contributed by atoms with Gasteiger partial charge in [-0.1, -0.05) is 26.2 Å². The Morgan fingerprint density at radius 1 is 1.00 bits per heavy atom. The van der Waals surface area contributed by atoms with Crippen LogP contribution in [-0.2, 0) is 14.3 Å². The van der Waals surface area contributed by atoms with E-state index < -0.39 is 0 Å². The maximum atomic E-state index is 12.8. The summed E-state index contributed by atoms with van der Waals surface area (Å²) in [5.41, 5.74) is 0. The summed E-state index contributed by atoms with van der Waals surface area (Å²) < 4.78 is 10.6. The molecule has 0 radical (unpaired) electrons. The molecule has 1 heterocycles. The fourth-order valence-corrected chi connectivity index (χ4v) is 4.16. The largest absolute Gasteiger partial charge is 0.382 e. The molecule has 0 spiro atoms. The van der Waals surface area contributed by atoms with Gasteiger partial charge in [0.05, 0.1) is 13.2 Å². The minimum Gasteiger partial charge on any atom is -0.382 e. The minimum atomic E-state index is 0.303. The number of carbonyl (C=O) groups is 1. The van der Waals surface area contributed by atoms with Crippen molar-refractivity contribution in [1.82, 2.24) is 4.90 Å². The van der Waals surface area contributed by atoms with Gasteiger partial charge in [0.25, 0.3) is 0 Å². The lowest BCUT2D eigenvalue weighted by Gasteiger charge is -2.36. The summed E-state index contributed by atoms with van der Waals surface area (Å²) in [4.78, 5) is 14.9. The zero-order valence-electron chi connectivity index (χ0n) is 15.8. The number of carbonyl (C=O) groups excluding carboxylic acids is 1.